The number of aromatic nitrogens is 2. The minimum absolute atomic E-state index is 0.159. The Bertz CT molecular complexity index is 921. The normalized spacial score (nSPS) is 10.7. The third-order valence-corrected chi connectivity index (χ3v) is 3.20. The van der Waals surface area contributed by atoms with Crippen molar-refractivity contribution >= 4 is 28.2 Å². The molecule has 0 saturated heterocycles. The predicted octanol–water partition coefficient (Wildman–Crippen LogP) is 3.15. The second-order valence-corrected chi connectivity index (χ2v) is 4.82. The molecule has 0 spiro atoms. The Labute approximate surface area is 123 Å². The first-order chi connectivity index (χ1) is 10.0. The lowest BCUT2D eigenvalue weighted by Crippen LogP contribution is -2.09. The van der Waals surface area contributed by atoms with Crippen molar-refractivity contribution in [3.8, 4) is 11.4 Å². The molecule has 0 aliphatic rings. The Morgan fingerprint density at radius 3 is 2.71 bits per heavy atom. The molecular formula is C14H8ClN3O3. The monoisotopic (exact) mass is 301 g/mol. The van der Waals surface area contributed by atoms with Gasteiger partial charge in [0, 0.05) is 22.7 Å². The van der Waals surface area contributed by atoms with Crippen molar-refractivity contribution in [1.82, 2.24) is 9.97 Å². The standard InChI is InChI=1S/C14H8ClN3O3/c15-9-5-8(6-10(7-9)18(20)21)13-16-12-4-2-1-3-11(12)14(19)17-13/h1-7H,(H,16,17,19). The summed E-state index contributed by atoms with van der Waals surface area (Å²) < 4.78 is 0. The quantitative estimate of drug-likeness (QED) is 0.581. The van der Waals surface area contributed by atoms with Crippen LogP contribution in [0.1, 0.15) is 0 Å². The van der Waals surface area contributed by atoms with Crippen LogP contribution in [0.5, 0.6) is 0 Å². The molecule has 0 amide bonds. The molecule has 104 valence electrons. The molecule has 1 aromatic heterocycles. The van der Waals surface area contributed by atoms with E-state index >= 15 is 0 Å². The van der Waals surface area contributed by atoms with E-state index in [9.17, 15) is 14.9 Å². The number of nitro groups is 1. The Kier molecular flexibility index (Phi) is 3.15. The van der Waals surface area contributed by atoms with Crippen molar-refractivity contribution in [3.05, 3.63) is 68.0 Å². The van der Waals surface area contributed by atoms with Gasteiger partial charge in [0.2, 0.25) is 0 Å². The predicted molar refractivity (Wildman–Crippen MR) is 79.5 cm³/mol. The number of hydrogen-bond donors (Lipinski definition) is 1. The van der Waals surface area contributed by atoms with Crippen molar-refractivity contribution in [3.63, 3.8) is 0 Å². The zero-order chi connectivity index (χ0) is 15.0. The van der Waals surface area contributed by atoms with Crippen molar-refractivity contribution in [2.24, 2.45) is 0 Å². The van der Waals surface area contributed by atoms with Crippen LogP contribution in [0, 0.1) is 10.1 Å². The van der Waals surface area contributed by atoms with Crippen molar-refractivity contribution in [1.29, 1.82) is 0 Å². The summed E-state index contributed by atoms with van der Waals surface area (Å²) in [6.07, 6.45) is 0. The number of benzene rings is 2. The second-order valence-electron chi connectivity index (χ2n) is 4.39. The van der Waals surface area contributed by atoms with Gasteiger partial charge in [-0.15, -0.1) is 0 Å². The highest BCUT2D eigenvalue weighted by atomic mass is 35.5. The fourth-order valence-corrected chi connectivity index (χ4v) is 2.27. The maximum absolute atomic E-state index is 12.0. The smallest absolute Gasteiger partial charge is 0.271 e. The molecule has 7 heteroatoms. The van der Waals surface area contributed by atoms with Crippen LogP contribution in [-0.4, -0.2) is 14.9 Å². The molecule has 0 radical (unpaired) electrons. The summed E-state index contributed by atoms with van der Waals surface area (Å²) >= 11 is 5.88. The minimum Gasteiger partial charge on any atom is -0.306 e. The number of aromatic amines is 1. The average Bonchev–Trinajstić information content (AvgIpc) is 2.46. The molecule has 1 heterocycles. The highest BCUT2D eigenvalue weighted by Gasteiger charge is 2.12. The summed E-state index contributed by atoms with van der Waals surface area (Å²) in [5, 5.41) is 11.5. The molecule has 0 saturated carbocycles. The van der Waals surface area contributed by atoms with Crippen LogP contribution in [0.25, 0.3) is 22.3 Å². The van der Waals surface area contributed by atoms with Gasteiger partial charge in [-0.2, -0.15) is 0 Å². The number of H-pyrrole nitrogens is 1. The van der Waals surface area contributed by atoms with Gasteiger partial charge in [-0.25, -0.2) is 4.98 Å². The molecule has 1 N–H and O–H groups in total. The maximum Gasteiger partial charge on any atom is 0.271 e. The first kappa shape index (κ1) is 13.3. The highest BCUT2D eigenvalue weighted by Crippen LogP contribution is 2.26. The lowest BCUT2D eigenvalue weighted by molar-refractivity contribution is -0.384. The lowest BCUT2D eigenvalue weighted by Gasteiger charge is -2.04. The largest absolute Gasteiger partial charge is 0.306 e. The summed E-state index contributed by atoms with van der Waals surface area (Å²) in [7, 11) is 0. The topological polar surface area (TPSA) is 88.9 Å². The molecule has 21 heavy (non-hydrogen) atoms. The first-order valence-corrected chi connectivity index (χ1v) is 6.37. The van der Waals surface area contributed by atoms with Crippen LogP contribution in [0.4, 0.5) is 5.69 Å². The zero-order valence-corrected chi connectivity index (χ0v) is 11.3. The lowest BCUT2D eigenvalue weighted by atomic mass is 10.1. The van der Waals surface area contributed by atoms with Crippen LogP contribution in [-0.2, 0) is 0 Å². The zero-order valence-electron chi connectivity index (χ0n) is 10.5. The van der Waals surface area contributed by atoms with E-state index in [4.69, 9.17) is 11.6 Å². The number of nitrogens with one attached hydrogen (secondary N) is 1. The van der Waals surface area contributed by atoms with Crippen molar-refractivity contribution in [2.45, 2.75) is 0 Å². The molecule has 3 aromatic rings. The van der Waals surface area contributed by atoms with Gasteiger partial charge in [0.05, 0.1) is 15.8 Å². The van der Waals surface area contributed by atoms with Crippen molar-refractivity contribution in [2.75, 3.05) is 0 Å². The fourth-order valence-electron chi connectivity index (χ4n) is 2.04. The van der Waals surface area contributed by atoms with Gasteiger partial charge >= 0.3 is 0 Å². The molecule has 3 rings (SSSR count). The summed E-state index contributed by atoms with van der Waals surface area (Å²) in [6, 6.07) is 10.9. The number of nitrogens with zero attached hydrogens (tertiary/aromatic N) is 2. The maximum atomic E-state index is 12.0. The third kappa shape index (κ3) is 2.48. The molecule has 0 atom stereocenters. The minimum atomic E-state index is -0.547. The van der Waals surface area contributed by atoms with E-state index in [1.54, 1.807) is 24.3 Å². The van der Waals surface area contributed by atoms with Crippen LogP contribution < -0.4 is 5.56 Å². The molecule has 0 aliphatic carbocycles. The molecule has 0 fully saturated rings. The SMILES string of the molecule is O=c1[nH]c(-c2cc(Cl)cc([N+](=O)[O-])c2)nc2ccccc12. The summed E-state index contributed by atoms with van der Waals surface area (Å²) in [5.74, 6) is 0.240. The Morgan fingerprint density at radius 2 is 1.95 bits per heavy atom. The number of rotatable bonds is 2. The van der Waals surface area contributed by atoms with E-state index < -0.39 is 4.92 Å². The van der Waals surface area contributed by atoms with Gasteiger partial charge in [0.1, 0.15) is 5.82 Å². The molecule has 0 aliphatic heterocycles. The summed E-state index contributed by atoms with van der Waals surface area (Å²) in [5.41, 5.74) is 0.433. The fraction of sp³-hybridized carbons (Fsp3) is 0. The molecule has 0 bridgehead atoms. The number of hydrogen-bond acceptors (Lipinski definition) is 4. The summed E-state index contributed by atoms with van der Waals surface area (Å²) in [6.45, 7) is 0. The van der Waals surface area contributed by atoms with Gasteiger partial charge in [0.25, 0.3) is 11.2 Å². The molecular weight excluding hydrogens is 294 g/mol. The summed E-state index contributed by atoms with van der Waals surface area (Å²) in [4.78, 5) is 29.3. The number of non-ortho nitro benzene ring substituents is 1. The number of fused-ring (bicyclic) bond motifs is 1. The highest BCUT2D eigenvalue weighted by molar-refractivity contribution is 6.31. The van der Waals surface area contributed by atoms with Gasteiger partial charge < -0.3 is 4.98 Å². The van der Waals surface area contributed by atoms with E-state index in [0.29, 0.717) is 16.5 Å². The van der Waals surface area contributed by atoms with Crippen LogP contribution in [0.3, 0.4) is 0 Å². The van der Waals surface area contributed by atoms with Crippen molar-refractivity contribution < 1.29 is 4.92 Å². The molecule has 0 unspecified atom stereocenters. The van der Waals surface area contributed by atoms with E-state index in [2.05, 4.69) is 9.97 Å². The molecule has 6 nitrogen and oxygen atoms in total. The van der Waals surface area contributed by atoms with Gasteiger partial charge in [0.15, 0.2) is 0 Å². The Hall–Kier alpha value is -2.73. The van der Waals surface area contributed by atoms with E-state index in [-0.39, 0.29) is 22.1 Å². The van der Waals surface area contributed by atoms with Crippen LogP contribution >= 0.6 is 11.6 Å². The number of para-hydroxylation sites is 1. The van der Waals surface area contributed by atoms with E-state index in [1.165, 1.54) is 18.2 Å². The van der Waals surface area contributed by atoms with E-state index in [0.717, 1.165) is 0 Å². The van der Waals surface area contributed by atoms with E-state index in [1.807, 2.05) is 0 Å². The van der Waals surface area contributed by atoms with Gasteiger partial charge in [-0.3, -0.25) is 14.9 Å². The average molecular weight is 302 g/mol. The third-order valence-electron chi connectivity index (χ3n) is 2.98. The van der Waals surface area contributed by atoms with Gasteiger partial charge in [-0.1, -0.05) is 23.7 Å². The Balaban J connectivity index is 2.25. The van der Waals surface area contributed by atoms with Gasteiger partial charge in [-0.05, 0) is 18.2 Å². The number of nitro benzene ring substituents is 1. The molecule has 2 aromatic carbocycles. The first-order valence-electron chi connectivity index (χ1n) is 5.99. The Morgan fingerprint density at radius 1 is 1.19 bits per heavy atom. The van der Waals surface area contributed by atoms with Crippen LogP contribution in [0.2, 0.25) is 5.02 Å². The number of halogens is 1. The second kappa shape index (κ2) is 4.99. The van der Waals surface area contributed by atoms with Crippen LogP contribution in [0.15, 0.2) is 47.3 Å².